The number of hydrogen-bond donors (Lipinski definition) is 0. The predicted octanol–water partition coefficient (Wildman–Crippen LogP) is 5.03. The first-order valence-corrected chi connectivity index (χ1v) is 11.9. The van der Waals surface area contributed by atoms with Crippen molar-refractivity contribution in [1.29, 1.82) is 0 Å². The minimum absolute atomic E-state index is 0.0229. The maximum atomic E-state index is 13.2. The van der Waals surface area contributed by atoms with E-state index in [4.69, 9.17) is 9.72 Å². The molecule has 0 unspecified atom stereocenters. The smallest absolute Gasteiger partial charge is 0.239 e. The molecule has 0 spiro atoms. The largest absolute Gasteiger partial charge is 0.492 e. The van der Waals surface area contributed by atoms with Crippen LogP contribution in [0.2, 0.25) is 0 Å². The van der Waals surface area contributed by atoms with Crippen LogP contribution in [0.25, 0.3) is 10.2 Å². The molecule has 2 aromatic heterocycles. The third-order valence-electron chi connectivity index (χ3n) is 4.70. The standard InChI is InChI=1S/C23H24N4O2S2/c1-3-29-19-6-4-7-20-22(19)25-23(31-20)27(15-14-26-13-5-12-24-26)21(28)16-30-18-10-8-17(2)9-11-18/h4-13H,3,14-16H2,1-2H3. The number of ether oxygens (including phenoxy) is 1. The van der Waals surface area contributed by atoms with Crippen LogP contribution in [0.4, 0.5) is 5.13 Å². The van der Waals surface area contributed by atoms with E-state index < -0.39 is 0 Å². The van der Waals surface area contributed by atoms with Crippen molar-refractivity contribution in [1.82, 2.24) is 14.8 Å². The Morgan fingerprint density at radius 3 is 2.77 bits per heavy atom. The van der Waals surface area contributed by atoms with Gasteiger partial charge in [-0.15, -0.1) is 11.8 Å². The zero-order chi connectivity index (χ0) is 21.6. The Morgan fingerprint density at radius 2 is 2.03 bits per heavy atom. The molecule has 1 amide bonds. The van der Waals surface area contributed by atoms with E-state index in [1.165, 1.54) is 16.9 Å². The number of nitrogens with zero attached hydrogens (tertiary/aromatic N) is 4. The lowest BCUT2D eigenvalue weighted by Gasteiger charge is -2.19. The topological polar surface area (TPSA) is 60.2 Å². The normalized spacial score (nSPS) is 11.0. The van der Waals surface area contributed by atoms with Crippen LogP contribution in [0, 0.1) is 6.92 Å². The molecule has 160 valence electrons. The number of aromatic nitrogens is 3. The summed E-state index contributed by atoms with van der Waals surface area (Å²) in [6.45, 7) is 5.68. The monoisotopic (exact) mass is 452 g/mol. The van der Waals surface area contributed by atoms with Crippen molar-refractivity contribution >= 4 is 44.4 Å². The van der Waals surface area contributed by atoms with Gasteiger partial charge in [-0.25, -0.2) is 4.98 Å². The molecular weight excluding hydrogens is 428 g/mol. The summed E-state index contributed by atoms with van der Waals surface area (Å²) in [5.41, 5.74) is 2.00. The second kappa shape index (κ2) is 9.98. The van der Waals surface area contributed by atoms with Gasteiger partial charge in [0.05, 0.1) is 23.6 Å². The zero-order valence-electron chi connectivity index (χ0n) is 17.5. The first kappa shape index (κ1) is 21.4. The van der Waals surface area contributed by atoms with Crippen LogP contribution in [0.3, 0.4) is 0 Å². The van der Waals surface area contributed by atoms with Gasteiger partial charge in [-0.2, -0.15) is 5.10 Å². The SMILES string of the molecule is CCOc1cccc2sc(N(CCn3cccn3)C(=O)CSc3ccc(C)cc3)nc12. The van der Waals surface area contributed by atoms with Crippen molar-refractivity contribution in [3.05, 3.63) is 66.5 Å². The average Bonchev–Trinajstić information content (AvgIpc) is 3.44. The molecule has 0 aliphatic rings. The number of rotatable bonds is 9. The molecule has 0 aliphatic heterocycles. The number of thioether (sulfide) groups is 1. The van der Waals surface area contributed by atoms with Gasteiger partial charge < -0.3 is 4.74 Å². The Hall–Kier alpha value is -2.84. The van der Waals surface area contributed by atoms with E-state index in [0.717, 1.165) is 20.9 Å². The number of anilines is 1. The van der Waals surface area contributed by atoms with Crippen LogP contribution in [-0.2, 0) is 11.3 Å². The summed E-state index contributed by atoms with van der Waals surface area (Å²) in [5.74, 6) is 1.11. The summed E-state index contributed by atoms with van der Waals surface area (Å²) in [6.07, 6.45) is 3.64. The molecule has 0 N–H and O–H groups in total. The van der Waals surface area contributed by atoms with Crippen LogP contribution in [0.1, 0.15) is 12.5 Å². The fraction of sp³-hybridized carbons (Fsp3) is 0.261. The van der Waals surface area contributed by atoms with E-state index in [2.05, 4.69) is 24.2 Å². The molecule has 6 nitrogen and oxygen atoms in total. The number of aryl methyl sites for hydroxylation is 1. The van der Waals surface area contributed by atoms with Crippen molar-refractivity contribution in [2.75, 3.05) is 23.8 Å². The van der Waals surface area contributed by atoms with Crippen molar-refractivity contribution in [3.63, 3.8) is 0 Å². The fourth-order valence-corrected chi connectivity index (χ4v) is 4.92. The summed E-state index contributed by atoms with van der Waals surface area (Å²) in [4.78, 5) is 20.9. The first-order valence-electron chi connectivity index (χ1n) is 10.1. The summed E-state index contributed by atoms with van der Waals surface area (Å²) in [5, 5.41) is 4.94. The Kier molecular flexibility index (Phi) is 6.89. The number of para-hydroxylation sites is 1. The van der Waals surface area contributed by atoms with Crippen LogP contribution >= 0.6 is 23.1 Å². The lowest BCUT2D eigenvalue weighted by molar-refractivity contribution is -0.116. The molecule has 0 bridgehead atoms. The molecule has 0 fully saturated rings. The van der Waals surface area contributed by atoms with E-state index in [0.29, 0.717) is 30.6 Å². The molecule has 0 radical (unpaired) electrons. The molecule has 8 heteroatoms. The lowest BCUT2D eigenvalue weighted by Crippen LogP contribution is -2.35. The van der Waals surface area contributed by atoms with Gasteiger partial charge in [0.15, 0.2) is 5.13 Å². The third-order valence-corrected chi connectivity index (χ3v) is 6.74. The van der Waals surface area contributed by atoms with Crippen molar-refractivity contribution in [2.24, 2.45) is 0 Å². The van der Waals surface area contributed by atoms with Gasteiger partial charge in [0, 0.05) is 23.8 Å². The second-order valence-corrected chi connectivity index (χ2v) is 9.01. The molecule has 4 aromatic rings. The quantitative estimate of drug-likeness (QED) is 0.334. The first-order chi connectivity index (χ1) is 15.1. The Labute approximate surface area is 189 Å². The molecule has 2 heterocycles. The molecule has 2 aromatic carbocycles. The van der Waals surface area contributed by atoms with Crippen LogP contribution in [0.5, 0.6) is 5.75 Å². The highest BCUT2D eigenvalue weighted by atomic mass is 32.2. The number of carbonyl (C=O) groups excluding carboxylic acids is 1. The second-order valence-electron chi connectivity index (χ2n) is 6.95. The minimum atomic E-state index is 0.0229. The van der Waals surface area contributed by atoms with Crippen LogP contribution in [-0.4, -0.2) is 39.6 Å². The van der Waals surface area contributed by atoms with Crippen molar-refractivity contribution in [3.8, 4) is 5.75 Å². The van der Waals surface area contributed by atoms with Gasteiger partial charge in [-0.1, -0.05) is 35.1 Å². The van der Waals surface area contributed by atoms with Crippen LogP contribution in [0.15, 0.2) is 65.8 Å². The zero-order valence-corrected chi connectivity index (χ0v) is 19.2. The van der Waals surface area contributed by atoms with Crippen molar-refractivity contribution in [2.45, 2.75) is 25.3 Å². The molecule has 0 saturated carbocycles. The van der Waals surface area contributed by atoms with Gasteiger partial charge >= 0.3 is 0 Å². The summed E-state index contributed by atoms with van der Waals surface area (Å²) in [7, 11) is 0. The lowest BCUT2D eigenvalue weighted by atomic mass is 10.2. The maximum Gasteiger partial charge on any atom is 0.239 e. The number of thiazole rings is 1. The van der Waals surface area contributed by atoms with Gasteiger partial charge in [0.2, 0.25) is 5.91 Å². The summed E-state index contributed by atoms with van der Waals surface area (Å²) >= 11 is 3.05. The minimum Gasteiger partial charge on any atom is -0.492 e. The maximum absolute atomic E-state index is 13.2. The Morgan fingerprint density at radius 1 is 1.19 bits per heavy atom. The van der Waals surface area contributed by atoms with E-state index in [1.54, 1.807) is 22.9 Å². The molecule has 0 atom stereocenters. The van der Waals surface area contributed by atoms with E-state index >= 15 is 0 Å². The van der Waals surface area contributed by atoms with E-state index in [-0.39, 0.29) is 5.91 Å². The van der Waals surface area contributed by atoms with Gasteiger partial charge in [-0.3, -0.25) is 14.4 Å². The number of hydrogen-bond acceptors (Lipinski definition) is 6. The summed E-state index contributed by atoms with van der Waals surface area (Å²) in [6, 6.07) is 16.0. The molecule has 0 aliphatic carbocycles. The number of fused-ring (bicyclic) bond motifs is 1. The highest BCUT2D eigenvalue weighted by molar-refractivity contribution is 8.00. The highest BCUT2D eigenvalue weighted by Gasteiger charge is 2.21. The molecule has 4 rings (SSSR count). The fourth-order valence-electron chi connectivity index (χ4n) is 3.12. The average molecular weight is 453 g/mol. The van der Waals surface area contributed by atoms with Gasteiger partial charge in [0.25, 0.3) is 0 Å². The number of benzene rings is 2. The van der Waals surface area contributed by atoms with Gasteiger partial charge in [-0.05, 0) is 44.2 Å². The van der Waals surface area contributed by atoms with E-state index in [1.807, 2.05) is 54.2 Å². The van der Waals surface area contributed by atoms with Crippen LogP contribution < -0.4 is 9.64 Å². The van der Waals surface area contributed by atoms with Crippen molar-refractivity contribution < 1.29 is 9.53 Å². The Bertz CT molecular complexity index is 1140. The number of carbonyl (C=O) groups is 1. The molecular formula is C23H24N4O2S2. The Balaban J connectivity index is 1.57. The van der Waals surface area contributed by atoms with Gasteiger partial charge in [0.1, 0.15) is 11.3 Å². The molecule has 0 saturated heterocycles. The highest BCUT2D eigenvalue weighted by Crippen LogP contribution is 2.34. The van der Waals surface area contributed by atoms with E-state index in [9.17, 15) is 4.79 Å². The predicted molar refractivity (Wildman–Crippen MR) is 127 cm³/mol. The third kappa shape index (κ3) is 5.26. The summed E-state index contributed by atoms with van der Waals surface area (Å²) < 4.78 is 8.56. The molecule has 31 heavy (non-hydrogen) atoms. The number of amides is 1.